The van der Waals surface area contributed by atoms with E-state index in [0.717, 1.165) is 12.8 Å². The molecule has 1 fully saturated rings. The lowest BCUT2D eigenvalue weighted by atomic mass is 10.3. The van der Waals surface area contributed by atoms with Crippen LogP contribution in [0.3, 0.4) is 0 Å². The molecule has 0 aliphatic carbocycles. The summed E-state index contributed by atoms with van der Waals surface area (Å²) in [4.78, 5) is 17.4. The van der Waals surface area contributed by atoms with E-state index in [1.165, 1.54) is 0 Å². The van der Waals surface area contributed by atoms with E-state index in [4.69, 9.17) is 19.3 Å². The van der Waals surface area contributed by atoms with Gasteiger partial charge in [0, 0.05) is 13.2 Å². The quantitative estimate of drug-likeness (QED) is 0.595. The Morgan fingerprint density at radius 1 is 1.36 bits per heavy atom. The lowest BCUT2D eigenvalue weighted by Gasteiger charge is -2.23. The fourth-order valence-electron chi connectivity index (χ4n) is 1.27. The molecule has 0 radical (unpaired) electrons. The van der Waals surface area contributed by atoms with Crippen LogP contribution in [-0.4, -0.2) is 35.3 Å². The van der Waals surface area contributed by atoms with E-state index in [9.17, 15) is 4.57 Å². The van der Waals surface area contributed by atoms with Gasteiger partial charge in [0.05, 0.1) is 6.04 Å². The highest BCUT2D eigenvalue weighted by Gasteiger charge is 2.26. The Bertz CT molecular complexity index is 210. The topological polar surface area (TPSA) is 88.0 Å². The lowest BCUT2D eigenvalue weighted by Crippen LogP contribution is -2.38. The van der Waals surface area contributed by atoms with E-state index < -0.39 is 20.1 Å². The van der Waals surface area contributed by atoms with Crippen LogP contribution in [0.5, 0.6) is 0 Å². The summed E-state index contributed by atoms with van der Waals surface area (Å²) in [6.45, 7) is 2.75. The lowest BCUT2D eigenvalue weighted by molar-refractivity contribution is -0.139. The van der Waals surface area contributed by atoms with Crippen molar-refractivity contribution in [1.29, 1.82) is 0 Å². The molecule has 14 heavy (non-hydrogen) atoms. The zero-order valence-electron chi connectivity index (χ0n) is 8.05. The van der Waals surface area contributed by atoms with Crippen LogP contribution < -0.4 is 5.09 Å². The molecule has 0 amide bonds. The molecule has 7 heteroatoms. The zero-order chi connectivity index (χ0) is 10.6. The highest BCUT2D eigenvalue weighted by molar-refractivity contribution is 7.49. The Morgan fingerprint density at radius 2 is 1.86 bits per heavy atom. The molecule has 1 saturated heterocycles. The maximum Gasteiger partial charge on any atom is 0.400 e. The van der Waals surface area contributed by atoms with Crippen LogP contribution in [0.15, 0.2) is 0 Å². The average Bonchev–Trinajstić information content (AvgIpc) is 2.27. The van der Waals surface area contributed by atoms with Crippen molar-refractivity contribution < 1.29 is 23.8 Å². The molecule has 0 aromatic carbocycles. The van der Waals surface area contributed by atoms with Gasteiger partial charge in [-0.1, -0.05) is 0 Å². The molecule has 1 aliphatic rings. The first-order chi connectivity index (χ1) is 6.49. The third-order valence-electron chi connectivity index (χ3n) is 1.88. The second-order valence-corrected chi connectivity index (χ2v) is 4.63. The summed E-state index contributed by atoms with van der Waals surface area (Å²) in [5.41, 5.74) is 0. The summed E-state index contributed by atoms with van der Waals surface area (Å²) in [5.74, 6) is 0. The standard InChI is InChI=1S/C7H16NO5P/c1-6(8-14(9,10)11)7-12-4-2-3-5-13-7/h6-7H,2-5H2,1H3,(H3,8,9,10,11)/t6-/m0/s1. The molecular weight excluding hydrogens is 209 g/mol. The molecule has 84 valence electrons. The van der Waals surface area contributed by atoms with Gasteiger partial charge in [0.25, 0.3) is 0 Å². The molecule has 1 heterocycles. The minimum absolute atomic E-state index is 0.520. The second-order valence-electron chi connectivity index (χ2n) is 3.28. The SMILES string of the molecule is C[C@H](NP(=O)(O)O)C1OCCCCO1. The first kappa shape index (κ1) is 12.1. The van der Waals surface area contributed by atoms with E-state index in [1.807, 2.05) is 0 Å². The second kappa shape index (κ2) is 5.21. The predicted octanol–water partition coefficient (Wildman–Crippen LogP) is 0.210. The molecule has 0 bridgehead atoms. The van der Waals surface area contributed by atoms with Crippen molar-refractivity contribution in [2.75, 3.05) is 13.2 Å². The van der Waals surface area contributed by atoms with E-state index in [-0.39, 0.29) is 0 Å². The molecule has 0 aromatic heterocycles. The van der Waals surface area contributed by atoms with E-state index in [0.29, 0.717) is 13.2 Å². The summed E-state index contributed by atoms with van der Waals surface area (Å²) >= 11 is 0. The van der Waals surface area contributed by atoms with Crippen LogP contribution in [0.2, 0.25) is 0 Å². The number of hydrogen-bond acceptors (Lipinski definition) is 3. The zero-order valence-corrected chi connectivity index (χ0v) is 8.94. The van der Waals surface area contributed by atoms with Gasteiger partial charge in [0.1, 0.15) is 0 Å². The van der Waals surface area contributed by atoms with Gasteiger partial charge in [-0.15, -0.1) is 0 Å². The van der Waals surface area contributed by atoms with Crippen LogP contribution in [0.1, 0.15) is 19.8 Å². The third-order valence-corrected chi connectivity index (χ3v) is 2.63. The predicted molar refractivity (Wildman–Crippen MR) is 49.6 cm³/mol. The van der Waals surface area contributed by atoms with E-state index in [2.05, 4.69) is 5.09 Å². The highest BCUT2D eigenvalue weighted by Crippen LogP contribution is 2.30. The maximum absolute atomic E-state index is 10.6. The third kappa shape index (κ3) is 4.50. The van der Waals surface area contributed by atoms with Crippen LogP contribution >= 0.6 is 7.75 Å². The smallest absolute Gasteiger partial charge is 0.351 e. The van der Waals surface area contributed by atoms with Crippen molar-refractivity contribution in [3.8, 4) is 0 Å². The summed E-state index contributed by atoms with van der Waals surface area (Å²) in [6.07, 6.45) is 1.25. The van der Waals surface area contributed by atoms with E-state index in [1.54, 1.807) is 6.92 Å². The Morgan fingerprint density at radius 3 is 2.29 bits per heavy atom. The van der Waals surface area contributed by atoms with Crippen molar-refractivity contribution in [2.45, 2.75) is 32.1 Å². The van der Waals surface area contributed by atoms with Gasteiger partial charge in [-0.3, -0.25) is 0 Å². The molecule has 0 saturated carbocycles. The molecule has 1 atom stereocenters. The van der Waals surface area contributed by atoms with Crippen LogP contribution in [0, 0.1) is 0 Å². The van der Waals surface area contributed by atoms with Crippen molar-refractivity contribution in [1.82, 2.24) is 5.09 Å². The van der Waals surface area contributed by atoms with Gasteiger partial charge in [0.15, 0.2) is 6.29 Å². The Balaban J connectivity index is 2.41. The number of nitrogens with one attached hydrogen (secondary N) is 1. The van der Waals surface area contributed by atoms with Gasteiger partial charge in [-0.25, -0.2) is 9.65 Å². The van der Waals surface area contributed by atoms with Crippen molar-refractivity contribution >= 4 is 7.75 Å². The number of hydrogen-bond donors (Lipinski definition) is 3. The molecule has 0 spiro atoms. The molecular formula is C7H16NO5P. The number of ether oxygens (including phenoxy) is 2. The first-order valence-corrected chi connectivity index (χ1v) is 6.17. The van der Waals surface area contributed by atoms with Gasteiger partial charge in [0.2, 0.25) is 0 Å². The Kier molecular flexibility index (Phi) is 4.50. The van der Waals surface area contributed by atoms with Gasteiger partial charge in [-0.2, -0.15) is 0 Å². The summed E-state index contributed by atoms with van der Waals surface area (Å²) in [6, 6.07) is -0.520. The number of rotatable bonds is 3. The van der Waals surface area contributed by atoms with Gasteiger partial charge in [-0.05, 0) is 19.8 Å². The summed E-state index contributed by atoms with van der Waals surface area (Å²) in [7, 11) is -4.21. The normalized spacial score (nSPS) is 23.1. The monoisotopic (exact) mass is 225 g/mol. The largest absolute Gasteiger partial charge is 0.400 e. The van der Waals surface area contributed by atoms with Crippen LogP contribution in [-0.2, 0) is 14.0 Å². The van der Waals surface area contributed by atoms with Crippen molar-refractivity contribution in [2.24, 2.45) is 0 Å². The minimum Gasteiger partial charge on any atom is -0.351 e. The Hall–Kier alpha value is 0.0300. The van der Waals surface area contributed by atoms with E-state index >= 15 is 0 Å². The molecule has 0 aromatic rings. The molecule has 6 nitrogen and oxygen atoms in total. The fourth-order valence-corrected chi connectivity index (χ4v) is 1.92. The highest BCUT2D eigenvalue weighted by atomic mass is 31.2. The minimum atomic E-state index is -4.21. The van der Waals surface area contributed by atoms with Gasteiger partial charge < -0.3 is 19.3 Å². The Labute approximate surface area is 82.8 Å². The maximum atomic E-state index is 10.6. The van der Waals surface area contributed by atoms with Crippen LogP contribution in [0.25, 0.3) is 0 Å². The molecule has 3 N–H and O–H groups in total. The summed E-state index contributed by atoms with van der Waals surface area (Å²) < 4.78 is 21.2. The molecule has 1 rings (SSSR count). The van der Waals surface area contributed by atoms with Crippen LogP contribution in [0.4, 0.5) is 0 Å². The molecule has 1 aliphatic heterocycles. The van der Waals surface area contributed by atoms with Gasteiger partial charge >= 0.3 is 7.75 Å². The van der Waals surface area contributed by atoms with Crippen molar-refractivity contribution in [3.05, 3.63) is 0 Å². The van der Waals surface area contributed by atoms with Crippen molar-refractivity contribution in [3.63, 3.8) is 0 Å². The fraction of sp³-hybridized carbons (Fsp3) is 1.00. The first-order valence-electron chi connectivity index (χ1n) is 4.55. The average molecular weight is 225 g/mol. The summed E-state index contributed by atoms with van der Waals surface area (Å²) in [5, 5.41) is 2.13. The molecule has 0 unspecified atom stereocenters.